The van der Waals surface area contributed by atoms with Crippen molar-refractivity contribution in [3.63, 3.8) is 0 Å². The lowest BCUT2D eigenvalue weighted by atomic mass is 9.85. The smallest absolute Gasteiger partial charge is 0.0594 e. The molecule has 0 aromatic rings. The van der Waals surface area contributed by atoms with Gasteiger partial charge in [-0.3, -0.25) is 4.90 Å². The second-order valence-corrected chi connectivity index (χ2v) is 4.71. The van der Waals surface area contributed by atoms with Crippen LogP contribution in [0.4, 0.5) is 0 Å². The molecule has 3 nitrogen and oxygen atoms in total. The third-order valence-corrected chi connectivity index (χ3v) is 3.85. The van der Waals surface area contributed by atoms with Crippen molar-refractivity contribution >= 4 is 0 Å². The van der Waals surface area contributed by atoms with Gasteiger partial charge in [0.05, 0.1) is 13.2 Å². The molecule has 0 aromatic carbocycles. The predicted octanol–water partition coefficient (Wildman–Crippen LogP) is 1.61. The molecule has 2 N–H and O–H groups in total. The average Bonchev–Trinajstić information content (AvgIpc) is 2.29. The number of nitrogens with zero attached hydrogens (tertiary/aromatic N) is 1. The van der Waals surface area contributed by atoms with Gasteiger partial charge in [0.1, 0.15) is 0 Å². The fraction of sp³-hybridized carbons (Fsp3) is 1.00. The Morgan fingerprint density at radius 1 is 1.33 bits per heavy atom. The lowest BCUT2D eigenvalue weighted by Crippen LogP contribution is -2.60. The number of ether oxygens (including phenoxy) is 1. The molecule has 1 heterocycles. The Hall–Kier alpha value is -0.120. The number of morpholine rings is 1. The summed E-state index contributed by atoms with van der Waals surface area (Å²) in [5.41, 5.74) is 6.47. The highest BCUT2D eigenvalue weighted by atomic mass is 16.5. The summed E-state index contributed by atoms with van der Waals surface area (Å²) in [4.78, 5) is 2.51. The molecule has 0 amide bonds. The van der Waals surface area contributed by atoms with E-state index in [-0.39, 0.29) is 11.6 Å². The maximum Gasteiger partial charge on any atom is 0.0594 e. The van der Waals surface area contributed by atoms with E-state index in [4.69, 9.17) is 10.5 Å². The van der Waals surface area contributed by atoms with E-state index in [9.17, 15) is 0 Å². The molecular formula is C12H26N2O. The Morgan fingerprint density at radius 3 is 2.40 bits per heavy atom. The van der Waals surface area contributed by atoms with Gasteiger partial charge >= 0.3 is 0 Å². The lowest BCUT2D eigenvalue weighted by Gasteiger charge is -2.46. The van der Waals surface area contributed by atoms with Gasteiger partial charge in [-0.2, -0.15) is 0 Å². The SMILES string of the molecule is CCCC(N)C(C)(CC)N1CCOCC1. The van der Waals surface area contributed by atoms with Gasteiger partial charge in [0.2, 0.25) is 0 Å². The second-order valence-electron chi connectivity index (χ2n) is 4.71. The van der Waals surface area contributed by atoms with Crippen LogP contribution in [-0.2, 0) is 4.74 Å². The number of hydrogen-bond acceptors (Lipinski definition) is 3. The van der Waals surface area contributed by atoms with E-state index < -0.39 is 0 Å². The molecule has 1 aliphatic rings. The summed E-state index contributed by atoms with van der Waals surface area (Å²) in [6, 6.07) is 0.283. The van der Waals surface area contributed by atoms with Crippen LogP contribution in [0.3, 0.4) is 0 Å². The molecular weight excluding hydrogens is 188 g/mol. The molecule has 0 spiro atoms. The molecule has 1 fully saturated rings. The standard InChI is InChI=1S/C12H26N2O/c1-4-6-11(13)12(3,5-2)14-7-9-15-10-8-14/h11H,4-10,13H2,1-3H3. The zero-order valence-electron chi connectivity index (χ0n) is 10.5. The number of hydrogen-bond donors (Lipinski definition) is 1. The maximum atomic E-state index is 6.32. The zero-order valence-corrected chi connectivity index (χ0v) is 10.5. The first-order chi connectivity index (χ1) is 7.15. The fourth-order valence-corrected chi connectivity index (χ4v) is 2.42. The van der Waals surface area contributed by atoms with Crippen molar-refractivity contribution in [2.24, 2.45) is 5.73 Å². The van der Waals surface area contributed by atoms with E-state index in [2.05, 4.69) is 25.7 Å². The second kappa shape index (κ2) is 5.83. The summed E-state index contributed by atoms with van der Waals surface area (Å²) >= 11 is 0. The van der Waals surface area contributed by atoms with Crippen LogP contribution in [0.15, 0.2) is 0 Å². The Kier molecular flexibility index (Phi) is 5.03. The van der Waals surface area contributed by atoms with E-state index in [1.165, 1.54) is 6.42 Å². The van der Waals surface area contributed by atoms with Crippen LogP contribution >= 0.6 is 0 Å². The van der Waals surface area contributed by atoms with Gasteiger partial charge in [-0.1, -0.05) is 20.3 Å². The molecule has 0 radical (unpaired) electrons. The van der Waals surface area contributed by atoms with Gasteiger partial charge in [-0.25, -0.2) is 0 Å². The van der Waals surface area contributed by atoms with Crippen molar-refractivity contribution in [1.82, 2.24) is 4.90 Å². The zero-order chi connectivity index (χ0) is 11.3. The van der Waals surface area contributed by atoms with E-state index in [1.807, 2.05) is 0 Å². The van der Waals surface area contributed by atoms with E-state index >= 15 is 0 Å². The highest BCUT2D eigenvalue weighted by molar-refractivity contribution is 4.95. The molecule has 0 aromatic heterocycles. The van der Waals surface area contributed by atoms with Crippen molar-refractivity contribution in [1.29, 1.82) is 0 Å². The Bertz CT molecular complexity index is 180. The minimum absolute atomic E-state index is 0.153. The van der Waals surface area contributed by atoms with Crippen LogP contribution in [-0.4, -0.2) is 42.8 Å². The largest absolute Gasteiger partial charge is 0.379 e. The quantitative estimate of drug-likeness (QED) is 0.755. The first-order valence-electron chi connectivity index (χ1n) is 6.23. The number of rotatable bonds is 5. The topological polar surface area (TPSA) is 38.5 Å². The van der Waals surface area contributed by atoms with E-state index in [0.29, 0.717) is 0 Å². The summed E-state index contributed by atoms with van der Waals surface area (Å²) in [6.45, 7) is 10.5. The highest BCUT2D eigenvalue weighted by Crippen LogP contribution is 2.25. The molecule has 0 saturated carbocycles. The van der Waals surface area contributed by atoms with Gasteiger partial charge < -0.3 is 10.5 Å². The summed E-state index contributed by atoms with van der Waals surface area (Å²) in [5, 5.41) is 0. The van der Waals surface area contributed by atoms with Gasteiger partial charge in [-0.05, 0) is 19.8 Å². The van der Waals surface area contributed by atoms with Crippen LogP contribution in [0.25, 0.3) is 0 Å². The van der Waals surface area contributed by atoms with Crippen molar-refractivity contribution in [3.8, 4) is 0 Å². The first kappa shape index (κ1) is 12.9. The summed E-state index contributed by atoms with van der Waals surface area (Å²) in [5.74, 6) is 0. The molecule has 2 unspecified atom stereocenters. The van der Waals surface area contributed by atoms with Crippen molar-refractivity contribution in [3.05, 3.63) is 0 Å². The fourth-order valence-electron chi connectivity index (χ4n) is 2.42. The van der Waals surface area contributed by atoms with Gasteiger partial charge in [0.25, 0.3) is 0 Å². The Balaban J connectivity index is 2.63. The molecule has 15 heavy (non-hydrogen) atoms. The lowest BCUT2D eigenvalue weighted by molar-refractivity contribution is -0.0283. The highest BCUT2D eigenvalue weighted by Gasteiger charge is 2.36. The van der Waals surface area contributed by atoms with Crippen molar-refractivity contribution in [2.75, 3.05) is 26.3 Å². The third-order valence-electron chi connectivity index (χ3n) is 3.85. The third kappa shape index (κ3) is 2.92. The van der Waals surface area contributed by atoms with E-state index in [1.54, 1.807) is 0 Å². The Labute approximate surface area is 94.0 Å². The van der Waals surface area contributed by atoms with Crippen LogP contribution in [0.2, 0.25) is 0 Å². The molecule has 3 heteroatoms. The molecule has 0 bridgehead atoms. The molecule has 90 valence electrons. The van der Waals surface area contributed by atoms with Crippen LogP contribution in [0.1, 0.15) is 40.0 Å². The maximum absolute atomic E-state index is 6.32. The summed E-state index contributed by atoms with van der Waals surface area (Å²) in [7, 11) is 0. The summed E-state index contributed by atoms with van der Waals surface area (Å²) < 4.78 is 5.40. The number of nitrogens with two attached hydrogens (primary N) is 1. The van der Waals surface area contributed by atoms with Crippen LogP contribution < -0.4 is 5.73 Å². The molecule has 1 aliphatic heterocycles. The Morgan fingerprint density at radius 2 is 1.93 bits per heavy atom. The monoisotopic (exact) mass is 214 g/mol. The minimum Gasteiger partial charge on any atom is -0.379 e. The van der Waals surface area contributed by atoms with Crippen LogP contribution in [0.5, 0.6) is 0 Å². The molecule has 1 saturated heterocycles. The van der Waals surface area contributed by atoms with Crippen LogP contribution in [0, 0.1) is 0 Å². The normalized spacial score (nSPS) is 24.8. The average molecular weight is 214 g/mol. The first-order valence-corrected chi connectivity index (χ1v) is 6.23. The van der Waals surface area contributed by atoms with Gasteiger partial charge in [0, 0.05) is 24.7 Å². The van der Waals surface area contributed by atoms with Gasteiger partial charge in [-0.15, -0.1) is 0 Å². The minimum atomic E-state index is 0.153. The van der Waals surface area contributed by atoms with Gasteiger partial charge in [0.15, 0.2) is 0 Å². The summed E-state index contributed by atoms with van der Waals surface area (Å²) in [6.07, 6.45) is 3.40. The van der Waals surface area contributed by atoms with E-state index in [0.717, 1.165) is 39.1 Å². The predicted molar refractivity (Wildman–Crippen MR) is 64.0 cm³/mol. The molecule has 0 aliphatic carbocycles. The van der Waals surface area contributed by atoms with Crippen molar-refractivity contribution < 1.29 is 4.74 Å². The molecule has 2 atom stereocenters. The van der Waals surface area contributed by atoms with Crippen molar-refractivity contribution in [2.45, 2.75) is 51.6 Å². The molecule has 1 rings (SSSR count).